The molecule has 0 aliphatic rings. The van der Waals surface area contributed by atoms with Gasteiger partial charge in [0.25, 0.3) is 5.91 Å². The van der Waals surface area contributed by atoms with Crippen LogP contribution in [0.25, 0.3) is 0 Å². The maximum absolute atomic E-state index is 12.3. The third kappa shape index (κ3) is 3.11. The molecule has 21 heavy (non-hydrogen) atoms. The molecule has 112 valence electrons. The standard InChI is InChI=1S/C13H15N3O4S/c1-8-12(20-9(2)15-8)13(17)16(3)10-4-6-11(7-5-10)21(14,18)19/h4-7H,1-3H3,(H2,14,18,19). The molecule has 1 aromatic heterocycles. The third-order valence-corrected chi connectivity index (χ3v) is 3.88. The minimum Gasteiger partial charge on any atom is -0.436 e. The van der Waals surface area contributed by atoms with Crippen molar-refractivity contribution in [3.63, 3.8) is 0 Å². The minimum atomic E-state index is -3.75. The molecule has 2 N–H and O–H groups in total. The van der Waals surface area contributed by atoms with Crippen molar-refractivity contribution in [3.05, 3.63) is 41.6 Å². The van der Waals surface area contributed by atoms with Gasteiger partial charge in [0.15, 0.2) is 5.89 Å². The van der Waals surface area contributed by atoms with Crippen LogP contribution in [0.5, 0.6) is 0 Å². The molecule has 2 rings (SSSR count). The molecule has 0 aliphatic heterocycles. The highest BCUT2D eigenvalue weighted by atomic mass is 32.2. The molecule has 1 aromatic carbocycles. The zero-order valence-corrected chi connectivity index (χ0v) is 12.6. The molecule has 0 atom stereocenters. The van der Waals surface area contributed by atoms with Crippen LogP contribution in [-0.2, 0) is 10.0 Å². The van der Waals surface area contributed by atoms with E-state index in [-0.39, 0.29) is 16.6 Å². The van der Waals surface area contributed by atoms with Crippen molar-refractivity contribution < 1.29 is 17.6 Å². The Bertz CT molecular complexity index is 778. The first-order valence-electron chi connectivity index (χ1n) is 6.05. The maximum Gasteiger partial charge on any atom is 0.295 e. The van der Waals surface area contributed by atoms with Crippen LogP contribution < -0.4 is 10.0 Å². The Hall–Kier alpha value is -2.19. The number of carbonyl (C=O) groups is 1. The molecule has 8 heteroatoms. The monoisotopic (exact) mass is 309 g/mol. The van der Waals surface area contributed by atoms with Gasteiger partial charge in [-0.25, -0.2) is 18.5 Å². The first-order valence-corrected chi connectivity index (χ1v) is 7.59. The molecule has 1 heterocycles. The van der Waals surface area contributed by atoms with Gasteiger partial charge in [-0.05, 0) is 31.2 Å². The fourth-order valence-electron chi connectivity index (χ4n) is 1.86. The predicted molar refractivity (Wildman–Crippen MR) is 76.5 cm³/mol. The van der Waals surface area contributed by atoms with E-state index in [1.165, 1.54) is 29.2 Å². The number of nitrogens with zero attached hydrogens (tertiary/aromatic N) is 2. The lowest BCUT2D eigenvalue weighted by atomic mass is 10.2. The van der Waals surface area contributed by atoms with E-state index in [0.717, 1.165) is 0 Å². The normalized spacial score (nSPS) is 11.4. The zero-order valence-electron chi connectivity index (χ0n) is 11.8. The van der Waals surface area contributed by atoms with Crippen LogP contribution in [0, 0.1) is 13.8 Å². The lowest BCUT2D eigenvalue weighted by Gasteiger charge is -2.16. The van der Waals surface area contributed by atoms with Crippen LogP contribution in [0.3, 0.4) is 0 Å². The maximum atomic E-state index is 12.3. The Morgan fingerprint density at radius 1 is 1.24 bits per heavy atom. The fourth-order valence-corrected chi connectivity index (χ4v) is 2.37. The topological polar surface area (TPSA) is 106 Å². The first kappa shape index (κ1) is 15.2. The number of amides is 1. The van der Waals surface area contributed by atoms with Crippen LogP contribution in [0.4, 0.5) is 5.69 Å². The number of anilines is 1. The summed E-state index contributed by atoms with van der Waals surface area (Å²) in [5.74, 6) is 0.204. The molecule has 1 amide bonds. The van der Waals surface area contributed by atoms with Crippen molar-refractivity contribution in [2.75, 3.05) is 11.9 Å². The van der Waals surface area contributed by atoms with E-state index in [2.05, 4.69) is 4.98 Å². The zero-order chi connectivity index (χ0) is 15.8. The van der Waals surface area contributed by atoms with Gasteiger partial charge in [-0.3, -0.25) is 4.79 Å². The van der Waals surface area contributed by atoms with Gasteiger partial charge in [0, 0.05) is 19.7 Å². The van der Waals surface area contributed by atoms with Crippen molar-refractivity contribution in [1.82, 2.24) is 4.98 Å². The number of hydrogen-bond donors (Lipinski definition) is 1. The van der Waals surface area contributed by atoms with E-state index in [4.69, 9.17) is 9.56 Å². The second kappa shape index (κ2) is 5.30. The Morgan fingerprint density at radius 3 is 2.24 bits per heavy atom. The molecule has 0 bridgehead atoms. The summed E-state index contributed by atoms with van der Waals surface area (Å²) in [6.45, 7) is 3.34. The molecule has 7 nitrogen and oxygen atoms in total. The Labute approximate surface area is 122 Å². The Morgan fingerprint density at radius 2 is 1.81 bits per heavy atom. The van der Waals surface area contributed by atoms with Crippen molar-refractivity contribution in [2.24, 2.45) is 5.14 Å². The van der Waals surface area contributed by atoms with E-state index in [1.54, 1.807) is 20.9 Å². The van der Waals surface area contributed by atoms with Gasteiger partial charge in [-0.15, -0.1) is 0 Å². The van der Waals surface area contributed by atoms with Crippen molar-refractivity contribution >= 4 is 21.6 Å². The number of aromatic nitrogens is 1. The van der Waals surface area contributed by atoms with Crippen molar-refractivity contribution in [1.29, 1.82) is 0 Å². The second-order valence-electron chi connectivity index (χ2n) is 4.55. The molecule has 0 radical (unpaired) electrons. The minimum absolute atomic E-state index is 0.0150. The van der Waals surface area contributed by atoms with Gasteiger partial charge in [0.1, 0.15) is 0 Å². The quantitative estimate of drug-likeness (QED) is 0.917. The highest BCUT2D eigenvalue weighted by Crippen LogP contribution is 2.20. The summed E-state index contributed by atoms with van der Waals surface area (Å²) in [6, 6.07) is 5.67. The summed E-state index contributed by atoms with van der Waals surface area (Å²) in [6.07, 6.45) is 0. The van der Waals surface area contributed by atoms with E-state index >= 15 is 0 Å². The number of hydrogen-bond acceptors (Lipinski definition) is 5. The average Bonchev–Trinajstić information content (AvgIpc) is 2.75. The van der Waals surface area contributed by atoms with Crippen LogP contribution >= 0.6 is 0 Å². The van der Waals surface area contributed by atoms with E-state index in [0.29, 0.717) is 17.3 Å². The summed E-state index contributed by atoms with van der Waals surface area (Å²) < 4.78 is 27.7. The lowest BCUT2D eigenvalue weighted by Crippen LogP contribution is -2.26. The SMILES string of the molecule is Cc1nc(C)c(C(=O)N(C)c2ccc(S(N)(=O)=O)cc2)o1. The number of nitrogens with two attached hydrogens (primary N) is 1. The lowest BCUT2D eigenvalue weighted by molar-refractivity contribution is 0.0964. The molecule has 0 unspecified atom stereocenters. The fraction of sp³-hybridized carbons (Fsp3) is 0.231. The highest BCUT2D eigenvalue weighted by Gasteiger charge is 2.21. The predicted octanol–water partition coefficient (Wildman–Crippen LogP) is 1.22. The number of benzene rings is 1. The van der Waals surface area contributed by atoms with Gasteiger partial charge < -0.3 is 9.32 Å². The van der Waals surface area contributed by atoms with E-state index in [9.17, 15) is 13.2 Å². The second-order valence-corrected chi connectivity index (χ2v) is 6.11. The van der Waals surface area contributed by atoms with Crippen LogP contribution in [0.15, 0.2) is 33.6 Å². The molecule has 0 saturated carbocycles. The molecule has 0 aliphatic carbocycles. The number of oxazole rings is 1. The number of carbonyl (C=O) groups excluding carboxylic acids is 1. The van der Waals surface area contributed by atoms with E-state index < -0.39 is 10.0 Å². The summed E-state index contributed by atoms with van der Waals surface area (Å²) in [4.78, 5) is 17.7. The molecule has 0 saturated heterocycles. The smallest absolute Gasteiger partial charge is 0.295 e. The van der Waals surface area contributed by atoms with E-state index in [1.807, 2.05) is 0 Å². The van der Waals surface area contributed by atoms with Gasteiger partial charge in [-0.2, -0.15) is 0 Å². The summed E-state index contributed by atoms with van der Waals surface area (Å²) >= 11 is 0. The van der Waals surface area contributed by atoms with Crippen molar-refractivity contribution in [2.45, 2.75) is 18.7 Å². The van der Waals surface area contributed by atoms with Crippen LogP contribution in [0.1, 0.15) is 22.1 Å². The number of sulfonamides is 1. The van der Waals surface area contributed by atoms with Gasteiger partial charge in [0.2, 0.25) is 15.8 Å². The Balaban J connectivity index is 2.30. The van der Waals surface area contributed by atoms with Gasteiger partial charge in [0.05, 0.1) is 10.6 Å². The third-order valence-electron chi connectivity index (χ3n) is 2.95. The summed E-state index contributed by atoms with van der Waals surface area (Å²) in [7, 11) is -2.19. The molecule has 2 aromatic rings. The van der Waals surface area contributed by atoms with Crippen LogP contribution in [-0.4, -0.2) is 26.4 Å². The molecular weight excluding hydrogens is 294 g/mol. The van der Waals surface area contributed by atoms with Crippen molar-refractivity contribution in [3.8, 4) is 0 Å². The first-order chi connectivity index (χ1) is 9.70. The average molecular weight is 309 g/mol. The molecule has 0 fully saturated rings. The molecular formula is C13H15N3O4S. The largest absolute Gasteiger partial charge is 0.436 e. The summed E-state index contributed by atoms with van der Waals surface area (Å²) in [5, 5.41) is 5.02. The summed E-state index contributed by atoms with van der Waals surface area (Å²) in [5.41, 5.74) is 1.02. The number of aryl methyl sites for hydroxylation is 2. The van der Waals surface area contributed by atoms with Gasteiger partial charge in [-0.1, -0.05) is 0 Å². The number of rotatable bonds is 3. The Kier molecular flexibility index (Phi) is 3.84. The highest BCUT2D eigenvalue weighted by molar-refractivity contribution is 7.89. The van der Waals surface area contributed by atoms with Gasteiger partial charge >= 0.3 is 0 Å². The van der Waals surface area contributed by atoms with Crippen LogP contribution in [0.2, 0.25) is 0 Å². The molecule has 0 spiro atoms. The number of primary sulfonamides is 1.